The van der Waals surface area contributed by atoms with Crippen molar-refractivity contribution in [1.82, 2.24) is 9.29 Å². The first-order chi connectivity index (χ1) is 17.4. The van der Waals surface area contributed by atoms with Gasteiger partial charge in [0.25, 0.3) is 0 Å². The standard InChI is InChI=1S/C26H21ClN2O6S/c27-18-5-7-19(8-6-18)36(31,32)29-13-10-26(11-14-29)25(30)23(20-3-1-2-12-28-20)24(35-26)17-4-9-21-22(15-17)34-16-33-21/h1-9,12,15H,10-11,13-14,16H2. The van der Waals surface area contributed by atoms with E-state index >= 15 is 0 Å². The van der Waals surface area contributed by atoms with Gasteiger partial charge in [-0.2, -0.15) is 4.31 Å². The highest BCUT2D eigenvalue weighted by Gasteiger charge is 2.53. The number of pyridine rings is 1. The van der Waals surface area contributed by atoms with Crippen LogP contribution < -0.4 is 9.47 Å². The van der Waals surface area contributed by atoms with Gasteiger partial charge in [0.2, 0.25) is 22.6 Å². The van der Waals surface area contributed by atoms with Crippen LogP contribution in [-0.2, 0) is 19.6 Å². The third-order valence-electron chi connectivity index (χ3n) is 6.70. The Kier molecular flexibility index (Phi) is 5.51. The fourth-order valence-electron chi connectivity index (χ4n) is 4.78. The lowest BCUT2D eigenvalue weighted by molar-refractivity contribution is -0.131. The number of carbonyl (C=O) groups is 1. The molecule has 0 aliphatic carbocycles. The summed E-state index contributed by atoms with van der Waals surface area (Å²) >= 11 is 5.92. The van der Waals surface area contributed by atoms with Crippen molar-refractivity contribution in [3.05, 3.63) is 83.1 Å². The number of Topliss-reactive ketones (excluding diaryl/α,β-unsaturated/α-hetero) is 1. The second-order valence-corrected chi connectivity index (χ2v) is 11.1. The Balaban J connectivity index is 1.32. The number of rotatable bonds is 4. The number of hydrogen-bond acceptors (Lipinski definition) is 7. The van der Waals surface area contributed by atoms with Gasteiger partial charge in [-0.1, -0.05) is 17.7 Å². The van der Waals surface area contributed by atoms with Gasteiger partial charge in [0.1, 0.15) is 5.76 Å². The minimum atomic E-state index is -3.73. The normalized spacial score (nSPS) is 19.1. The van der Waals surface area contributed by atoms with Crippen molar-refractivity contribution >= 4 is 38.7 Å². The third-order valence-corrected chi connectivity index (χ3v) is 8.87. The Bertz CT molecular complexity index is 1480. The summed E-state index contributed by atoms with van der Waals surface area (Å²) in [6.07, 6.45) is 2.05. The number of ether oxygens (including phenoxy) is 3. The Morgan fingerprint density at radius 3 is 2.42 bits per heavy atom. The van der Waals surface area contributed by atoms with E-state index in [-0.39, 0.29) is 43.4 Å². The van der Waals surface area contributed by atoms with Crippen LogP contribution >= 0.6 is 11.6 Å². The number of benzene rings is 2. The van der Waals surface area contributed by atoms with Crippen molar-refractivity contribution in [2.75, 3.05) is 19.9 Å². The first-order valence-electron chi connectivity index (χ1n) is 11.4. The zero-order chi connectivity index (χ0) is 24.9. The average Bonchev–Trinajstić information content (AvgIpc) is 3.47. The highest BCUT2D eigenvalue weighted by atomic mass is 35.5. The maximum absolute atomic E-state index is 13.9. The molecule has 4 heterocycles. The maximum Gasteiger partial charge on any atom is 0.243 e. The van der Waals surface area contributed by atoms with E-state index < -0.39 is 15.6 Å². The van der Waals surface area contributed by atoms with Crippen molar-refractivity contribution in [3.63, 3.8) is 0 Å². The molecule has 0 bridgehead atoms. The van der Waals surface area contributed by atoms with Gasteiger partial charge in [0.05, 0.1) is 16.2 Å². The Morgan fingerprint density at radius 2 is 1.69 bits per heavy atom. The predicted octanol–water partition coefficient (Wildman–Crippen LogP) is 4.15. The van der Waals surface area contributed by atoms with Crippen LogP contribution in [0.15, 0.2) is 71.8 Å². The van der Waals surface area contributed by atoms with Crippen LogP contribution in [0.1, 0.15) is 24.1 Å². The number of ketones is 1. The van der Waals surface area contributed by atoms with Gasteiger partial charge in [0, 0.05) is 42.7 Å². The van der Waals surface area contributed by atoms with Crippen LogP contribution in [0.5, 0.6) is 11.5 Å². The summed E-state index contributed by atoms with van der Waals surface area (Å²) in [6, 6.07) is 16.8. The zero-order valence-electron chi connectivity index (χ0n) is 19.0. The Morgan fingerprint density at radius 1 is 0.944 bits per heavy atom. The van der Waals surface area contributed by atoms with Gasteiger partial charge < -0.3 is 14.2 Å². The van der Waals surface area contributed by atoms with Gasteiger partial charge >= 0.3 is 0 Å². The van der Waals surface area contributed by atoms with Gasteiger partial charge in [0.15, 0.2) is 17.1 Å². The highest BCUT2D eigenvalue weighted by molar-refractivity contribution is 7.89. The van der Waals surface area contributed by atoms with Crippen LogP contribution in [0.4, 0.5) is 0 Å². The van der Waals surface area contributed by atoms with Gasteiger partial charge in [-0.05, 0) is 54.6 Å². The summed E-state index contributed by atoms with van der Waals surface area (Å²) in [5.74, 6) is 1.41. The van der Waals surface area contributed by atoms with E-state index in [4.69, 9.17) is 25.8 Å². The van der Waals surface area contributed by atoms with E-state index in [1.807, 2.05) is 12.1 Å². The van der Waals surface area contributed by atoms with Crippen molar-refractivity contribution in [1.29, 1.82) is 0 Å². The SMILES string of the molecule is O=C1C(c2ccccn2)=C(c2ccc3c(c2)OCO3)OC12CCN(S(=O)(=O)c1ccc(Cl)cc1)CC2. The summed E-state index contributed by atoms with van der Waals surface area (Å²) in [5.41, 5.74) is 0.373. The molecular formula is C26H21ClN2O6S. The summed E-state index contributed by atoms with van der Waals surface area (Å²) in [5, 5.41) is 0.459. The molecule has 2 aromatic carbocycles. The van der Waals surface area contributed by atoms with Gasteiger partial charge in [-0.25, -0.2) is 8.42 Å². The maximum atomic E-state index is 13.9. The van der Waals surface area contributed by atoms with E-state index in [1.165, 1.54) is 16.4 Å². The minimum Gasteiger partial charge on any atom is -0.478 e. The number of hydrogen-bond donors (Lipinski definition) is 0. The van der Waals surface area contributed by atoms with Crippen molar-refractivity contribution in [3.8, 4) is 11.5 Å². The number of piperidine rings is 1. The molecule has 8 nitrogen and oxygen atoms in total. The molecule has 3 aliphatic heterocycles. The van der Waals surface area contributed by atoms with Crippen LogP contribution in [0.3, 0.4) is 0 Å². The molecule has 3 aromatic rings. The molecule has 184 valence electrons. The summed E-state index contributed by atoms with van der Waals surface area (Å²) < 4.78 is 45.1. The van der Waals surface area contributed by atoms with E-state index in [0.29, 0.717) is 39.1 Å². The van der Waals surface area contributed by atoms with Crippen molar-refractivity contribution in [2.24, 2.45) is 0 Å². The molecule has 0 amide bonds. The monoisotopic (exact) mass is 524 g/mol. The predicted molar refractivity (Wildman–Crippen MR) is 132 cm³/mol. The molecule has 0 N–H and O–H groups in total. The lowest BCUT2D eigenvalue weighted by atomic mass is 9.85. The molecule has 10 heteroatoms. The quantitative estimate of drug-likeness (QED) is 0.506. The molecule has 3 aliphatic rings. The Labute approximate surface area is 213 Å². The fraction of sp³-hybridized carbons (Fsp3) is 0.231. The summed E-state index contributed by atoms with van der Waals surface area (Å²) in [7, 11) is -3.73. The molecular weight excluding hydrogens is 504 g/mol. The largest absolute Gasteiger partial charge is 0.478 e. The van der Waals surface area contributed by atoms with Crippen LogP contribution in [-0.4, -0.2) is 49.0 Å². The van der Waals surface area contributed by atoms with Gasteiger partial charge in [-0.15, -0.1) is 0 Å². The number of fused-ring (bicyclic) bond motifs is 1. The number of aromatic nitrogens is 1. The number of nitrogens with zero attached hydrogens (tertiary/aromatic N) is 2. The molecule has 1 saturated heterocycles. The lowest BCUT2D eigenvalue weighted by Crippen LogP contribution is -2.50. The Hall–Kier alpha value is -3.40. The number of sulfonamides is 1. The topological polar surface area (TPSA) is 95.0 Å². The third kappa shape index (κ3) is 3.75. The highest BCUT2D eigenvalue weighted by Crippen LogP contribution is 2.47. The van der Waals surface area contributed by atoms with Crippen LogP contribution in [0, 0.1) is 0 Å². The average molecular weight is 525 g/mol. The lowest BCUT2D eigenvalue weighted by Gasteiger charge is -2.37. The van der Waals surface area contributed by atoms with Crippen LogP contribution in [0.2, 0.25) is 5.02 Å². The van der Waals surface area contributed by atoms with Crippen molar-refractivity contribution in [2.45, 2.75) is 23.3 Å². The van der Waals surface area contributed by atoms with Crippen LogP contribution in [0.25, 0.3) is 11.3 Å². The molecule has 1 aromatic heterocycles. The number of carbonyl (C=O) groups excluding carboxylic acids is 1. The van der Waals surface area contributed by atoms with E-state index in [2.05, 4.69) is 4.98 Å². The minimum absolute atomic E-state index is 0.132. The van der Waals surface area contributed by atoms with E-state index in [0.717, 1.165) is 0 Å². The second kappa shape index (κ2) is 8.62. The molecule has 0 saturated carbocycles. The smallest absolute Gasteiger partial charge is 0.243 e. The van der Waals surface area contributed by atoms with E-state index in [9.17, 15) is 13.2 Å². The number of halogens is 1. The molecule has 1 spiro atoms. The summed E-state index contributed by atoms with van der Waals surface area (Å²) in [6.45, 7) is 0.411. The molecule has 1 fully saturated rings. The zero-order valence-corrected chi connectivity index (χ0v) is 20.6. The summed E-state index contributed by atoms with van der Waals surface area (Å²) in [4.78, 5) is 18.5. The molecule has 0 atom stereocenters. The molecule has 0 radical (unpaired) electrons. The van der Waals surface area contributed by atoms with E-state index in [1.54, 1.807) is 42.6 Å². The van der Waals surface area contributed by atoms with Crippen molar-refractivity contribution < 1.29 is 27.4 Å². The second-order valence-electron chi connectivity index (χ2n) is 8.77. The first kappa shape index (κ1) is 23.0. The fourth-order valence-corrected chi connectivity index (χ4v) is 6.35. The van der Waals surface area contributed by atoms with Gasteiger partial charge in [-0.3, -0.25) is 9.78 Å². The first-order valence-corrected chi connectivity index (χ1v) is 13.2. The molecule has 6 rings (SSSR count). The molecule has 36 heavy (non-hydrogen) atoms. The molecule has 0 unspecified atom stereocenters.